The van der Waals surface area contributed by atoms with Crippen LogP contribution in [0.2, 0.25) is 0 Å². The van der Waals surface area contributed by atoms with Crippen molar-refractivity contribution in [2.24, 2.45) is 0 Å². The Hall–Kier alpha value is -6.24. The van der Waals surface area contributed by atoms with Crippen LogP contribution in [0.5, 0.6) is 0 Å². The Morgan fingerprint density at radius 1 is 0.892 bits per heavy atom. The number of benzene rings is 2. The maximum atomic E-state index is 15.4. The van der Waals surface area contributed by atoms with Gasteiger partial charge in [-0.2, -0.15) is 4.98 Å². The van der Waals surface area contributed by atoms with Crippen molar-refractivity contribution in [1.82, 2.24) is 44.7 Å². The Balaban J connectivity index is 0.645. The highest BCUT2D eigenvalue weighted by atomic mass is 19.1. The fourth-order valence-corrected chi connectivity index (χ4v) is 10.4. The maximum Gasteiger partial charge on any atom is 0.278 e. The third-order valence-corrected chi connectivity index (χ3v) is 14.4. The lowest BCUT2D eigenvalue weighted by Crippen LogP contribution is -2.62. The molecule has 65 heavy (non-hydrogen) atoms. The molecule has 7 heterocycles. The lowest BCUT2D eigenvalue weighted by atomic mass is 9.98. The van der Waals surface area contributed by atoms with Gasteiger partial charge in [-0.3, -0.25) is 29.4 Å². The second kappa shape index (κ2) is 16.3. The average molecular weight is 885 g/mol. The molecular weight excluding hydrogens is 832 g/mol. The number of carbonyl (C=O) groups is 3. The van der Waals surface area contributed by atoms with Crippen LogP contribution < -0.4 is 31.7 Å². The molecule has 6 aliphatic rings. The number of piperidine rings is 2. The van der Waals surface area contributed by atoms with Crippen molar-refractivity contribution >= 4 is 51.8 Å². The number of hydrogen-bond acceptors (Lipinski definition) is 13. The highest BCUT2D eigenvalue weighted by Crippen LogP contribution is 2.40. The molecule has 4 aliphatic heterocycles. The molecule has 18 heteroatoms. The Kier molecular flexibility index (Phi) is 10.4. The topological polar surface area (TPSA) is 195 Å². The highest BCUT2D eigenvalue weighted by molar-refractivity contribution is 6.05. The highest BCUT2D eigenvalue weighted by Gasteiger charge is 2.42. The molecule has 2 aliphatic carbocycles. The Bertz CT molecular complexity index is 2780. The van der Waals surface area contributed by atoms with E-state index in [0.717, 1.165) is 88.3 Å². The second-order valence-corrected chi connectivity index (χ2v) is 18.5. The number of nitrogens with one attached hydrogen (secondary N) is 4. The van der Waals surface area contributed by atoms with Gasteiger partial charge in [-0.25, -0.2) is 23.7 Å². The van der Waals surface area contributed by atoms with Gasteiger partial charge in [0.2, 0.25) is 17.8 Å². The van der Waals surface area contributed by atoms with Crippen molar-refractivity contribution < 1.29 is 23.9 Å². The summed E-state index contributed by atoms with van der Waals surface area (Å²) in [5.74, 6) is -0.684. The molecule has 3 aromatic heterocycles. The van der Waals surface area contributed by atoms with Gasteiger partial charge in [-0.15, -0.1) is 0 Å². The van der Waals surface area contributed by atoms with Crippen molar-refractivity contribution in [3.8, 4) is 5.82 Å². The molecule has 3 saturated heterocycles. The number of anilines is 4. The molecule has 5 N–H and O–H groups in total. The summed E-state index contributed by atoms with van der Waals surface area (Å²) in [7, 11) is 0. The number of hydrogen-bond donors (Lipinski definition) is 5. The van der Waals surface area contributed by atoms with E-state index in [-0.39, 0.29) is 48.4 Å². The number of amides is 3. The van der Waals surface area contributed by atoms with Gasteiger partial charge in [0.05, 0.1) is 17.4 Å². The minimum absolute atomic E-state index is 0.0704. The average Bonchev–Trinajstić information content (AvgIpc) is 3.94. The first-order valence-electron chi connectivity index (χ1n) is 23.1. The van der Waals surface area contributed by atoms with E-state index in [9.17, 15) is 24.3 Å². The molecule has 0 spiro atoms. The molecule has 2 aromatic carbocycles. The first-order valence-corrected chi connectivity index (χ1v) is 23.1. The Labute approximate surface area is 374 Å². The first kappa shape index (κ1) is 41.5. The van der Waals surface area contributed by atoms with E-state index in [1.165, 1.54) is 11.0 Å². The van der Waals surface area contributed by atoms with Crippen molar-refractivity contribution in [3.05, 3.63) is 93.3 Å². The van der Waals surface area contributed by atoms with Gasteiger partial charge < -0.3 is 30.9 Å². The van der Waals surface area contributed by atoms with Crippen molar-refractivity contribution in [2.45, 2.75) is 101 Å². The maximum absolute atomic E-state index is 15.4. The lowest BCUT2D eigenvalue weighted by molar-refractivity contribution is -0.136. The molecule has 0 bridgehead atoms. The number of pyridine rings is 1. The fraction of sp³-hybridized carbons (Fsp3) is 0.468. The van der Waals surface area contributed by atoms with E-state index in [0.29, 0.717) is 64.7 Å². The standard InChI is InChI=1S/C47H53FN12O5/c1-2-47(65)16-13-27-3-11-39(53-41(27)47)60-42-35(45(64)59(60)32-8-9-32)23-51-46(55-42)52-31-6-4-29(5-7-31)49-17-18-50-30-14-19-56(20-15-30)33-25-57(26-33)38-21-28-24-58(44(63)34(28)22-36(38)48)37-10-12-40(61)54-43(37)62/h3-7,11,21-23,30,32-33,37,49-50,65H,2,8-10,12-20,24-26H2,1H3,(H,51,52,55)(H,54,61,62)/t37?,47-/m1/s1. The van der Waals surface area contributed by atoms with E-state index in [1.54, 1.807) is 21.6 Å². The molecule has 338 valence electrons. The van der Waals surface area contributed by atoms with Gasteiger partial charge >= 0.3 is 0 Å². The SMILES string of the molecule is CC[C@@]1(O)CCc2ccc(-n3c4nc(Nc5ccc(NCCNC6CCN(C7CN(c8cc9c(cc8F)C(=O)N(C8CCC(=O)NC8=O)C9)C7)CC6)cc5)ncc4c(=O)n3C3CC3)nc21. The summed E-state index contributed by atoms with van der Waals surface area (Å²) in [4.78, 5) is 71.1. The van der Waals surface area contributed by atoms with Crippen LogP contribution in [0.1, 0.15) is 91.5 Å². The number of nitrogens with zero attached hydrogens (tertiary/aromatic N) is 8. The summed E-state index contributed by atoms with van der Waals surface area (Å²) in [5, 5.41) is 24.5. The molecule has 1 unspecified atom stereocenters. The third kappa shape index (κ3) is 7.60. The van der Waals surface area contributed by atoms with Crippen LogP contribution in [0.15, 0.2) is 59.5 Å². The monoisotopic (exact) mass is 884 g/mol. The van der Waals surface area contributed by atoms with Crippen LogP contribution in [0.25, 0.3) is 16.9 Å². The van der Waals surface area contributed by atoms with Gasteiger partial charge in [0.1, 0.15) is 22.8 Å². The Morgan fingerprint density at radius 3 is 2.43 bits per heavy atom. The molecule has 1 saturated carbocycles. The molecule has 4 fully saturated rings. The van der Waals surface area contributed by atoms with Gasteiger partial charge in [0, 0.05) is 87.5 Å². The Morgan fingerprint density at radius 2 is 1.68 bits per heavy atom. The predicted octanol–water partition coefficient (Wildman–Crippen LogP) is 3.85. The number of aromatic nitrogens is 5. The summed E-state index contributed by atoms with van der Waals surface area (Å²) in [5.41, 5.74) is 4.36. The van der Waals surface area contributed by atoms with E-state index in [2.05, 4.69) is 31.2 Å². The van der Waals surface area contributed by atoms with Crippen molar-refractivity contribution in [1.29, 1.82) is 0 Å². The zero-order valence-electron chi connectivity index (χ0n) is 36.4. The van der Waals surface area contributed by atoms with Crippen molar-refractivity contribution in [3.63, 3.8) is 0 Å². The molecule has 0 radical (unpaired) electrons. The van der Waals surface area contributed by atoms with Crippen LogP contribution in [0.3, 0.4) is 0 Å². The number of likely N-dealkylation sites (tertiary alicyclic amines) is 1. The molecule has 17 nitrogen and oxygen atoms in total. The molecule has 5 aromatic rings. The minimum Gasteiger partial charge on any atom is -0.384 e. The summed E-state index contributed by atoms with van der Waals surface area (Å²) >= 11 is 0. The van der Waals surface area contributed by atoms with Gasteiger partial charge in [0.15, 0.2) is 11.5 Å². The first-order chi connectivity index (χ1) is 31.5. The van der Waals surface area contributed by atoms with E-state index in [1.807, 2.05) is 48.2 Å². The van der Waals surface area contributed by atoms with Crippen LogP contribution >= 0.6 is 0 Å². The number of aryl methyl sites for hydroxylation is 1. The van der Waals surface area contributed by atoms with Crippen LogP contribution in [-0.4, -0.2) is 114 Å². The molecule has 2 atom stereocenters. The number of aliphatic hydroxyl groups is 1. The second-order valence-electron chi connectivity index (χ2n) is 18.5. The summed E-state index contributed by atoms with van der Waals surface area (Å²) in [6.45, 7) is 7.14. The van der Waals surface area contributed by atoms with Gasteiger partial charge in [-0.05, 0) is 105 Å². The smallest absolute Gasteiger partial charge is 0.278 e. The third-order valence-electron chi connectivity index (χ3n) is 14.4. The lowest BCUT2D eigenvalue weighted by Gasteiger charge is -2.48. The number of fused-ring (bicyclic) bond motifs is 3. The minimum atomic E-state index is -0.976. The largest absolute Gasteiger partial charge is 0.384 e. The summed E-state index contributed by atoms with van der Waals surface area (Å²) in [6.07, 6.45) is 7.89. The summed E-state index contributed by atoms with van der Waals surface area (Å²) in [6, 6.07) is 15.0. The molecule has 11 rings (SSSR count). The van der Waals surface area contributed by atoms with Crippen LogP contribution in [0, 0.1) is 5.82 Å². The van der Waals surface area contributed by atoms with E-state index >= 15 is 4.39 Å². The van der Waals surface area contributed by atoms with Gasteiger partial charge in [0.25, 0.3) is 11.5 Å². The fourth-order valence-electron chi connectivity index (χ4n) is 10.4. The number of halogens is 1. The van der Waals surface area contributed by atoms with Crippen molar-refractivity contribution in [2.75, 3.05) is 54.8 Å². The normalized spacial score (nSPS) is 22.6. The zero-order valence-corrected chi connectivity index (χ0v) is 36.4. The quantitative estimate of drug-likeness (QED) is 0.0847. The zero-order chi connectivity index (χ0) is 44.6. The van der Waals surface area contributed by atoms with Gasteiger partial charge in [-0.1, -0.05) is 13.0 Å². The molecular formula is C47H53FN12O5. The van der Waals surface area contributed by atoms with E-state index < -0.39 is 23.4 Å². The van der Waals surface area contributed by atoms with Crippen LogP contribution in [0.4, 0.5) is 27.4 Å². The van der Waals surface area contributed by atoms with Crippen LogP contribution in [-0.2, 0) is 28.2 Å². The van der Waals surface area contributed by atoms with E-state index in [4.69, 9.17) is 9.97 Å². The number of carbonyl (C=O) groups excluding carboxylic acids is 3. The summed E-state index contributed by atoms with van der Waals surface area (Å²) < 4.78 is 18.9. The number of rotatable bonds is 13. The predicted molar refractivity (Wildman–Crippen MR) is 241 cm³/mol. The molecule has 3 amide bonds. The number of imide groups is 1.